The Bertz CT molecular complexity index is 615. The number of amides is 2. The molecule has 0 aliphatic heterocycles. The molecule has 0 saturated carbocycles. The Hall–Kier alpha value is -2.08. The van der Waals surface area contributed by atoms with Crippen LogP contribution in [0.25, 0.3) is 11.0 Å². The van der Waals surface area contributed by atoms with Crippen molar-refractivity contribution in [3.05, 3.63) is 30.6 Å². The van der Waals surface area contributed by atoms with Gasteiger partial charge < -0.3 is 10.4 Å². The Morgan fingerprint density at radius 1 is 1.38 bits per heavy atom. The topological polar surface area (TPSA) is 79.2 Å². The predicted molar refractivity (Wildman–Crippen MR) is 82.6 cm³/mol. The van der Waals surface area contributed by atoms with E-state index in [9.17, 15) is 9.90 Å². The van der Waals surface area contributed by atoms with Gasteiger partial charge in [0.25, 0.3) is 0 Å². The lowest BCUT2D eigenvalue weighted by Gasteiger charge is -2.25. The summed E-state index contributed by atoms with van der Waals surface area (Å²) in [6, 6.07) is 6.89. The van der Waals surface area contributed by atoms with Crippen molar-refractivity contribution in [2.75, 3.05) is 12.0 Å². The fourth-order valence-electron chi connectivity index (χ4n) is 2.28. The third-order valence-corrected chi connectivity index (χ3v) is 3.09. The molecular weight excluding hydrogens is 268 g/mol. The summed E-state index contributed by atoms with van der Waals surface area (Å²) < 4.78 is 1.57. The number of hydrogen-bond donors (Lipinski definition) is 3. The van der Waals surface area contributed by atoms with Gasteiger partial charge in [-0.15, -0.1) is 0 Å². The highest BCUT2D eigenvalue weighted by atomic mass is 16.3. The molecule has 2 rings (SSSR count). The van der Waals surface area contributed by atoms with Gasteiger partial charge in [-0.05, 0) is 24.0 Å². The third kappa shape index (κ3) is 4.19. The molecule has 1 aromatic carbocycles. The van der Waals surface area contributed by atoms with Gasteiger partial charge in [0.1, 0.15) is 6.33 Å². The molecule has 2 aromatic rings. The van der Waals surface area contributed by atoms with Crippen molar-refractivity contribution in [1.29, 1.82) is 0 Å². The van der Waals surface area contributed by atoms with Crippen LogP contribution in [0.4, 0.5) is 4.79 Å². The van der Waals surface area contributed by atoms with E-state index >= 15 is 0 Å². The van der Waals surface area contributed by atoms with Crippen molar-refractivity contribution in [2.45, 2.75) is 33.2 Å². The maximum atomic E-state index is 12.0. The monoisotopic (exact) mass is 290 g/mol. The summed E-state index contributed by atoms with van der Waals surface area (Å²) in [7, 11) is 0. The van der Waals surface area contributed by atoms with Gasteiger partial charge in [-0.25, -0.2) is 19.9 Å². The van der Waals surface area contributed by atoms with Crippen molar-refractivity contribution in [3.8, 4) is 0 Å². The minimum absolute atomic E-state index is 0.0301. The van der Waals surface area contributed by atoms with E-state index < -0.39 is 0 Å². The number of rotatable bonds is 4. The van der Waals surface area contributed by atoms with Crippen molar-refractivity contribution in [1.82, 2.24) is 15.0 Å². The molecule has 0 fully saturated rings. The standard InChI is InChI=1S/C15H22N4O2/c1-15(2,3)8-11(9-20)17-14(21)18-19-10-16-12-6-4-5-7-13(12)19/h4-7,10-11,20H,8-9H2,1-3H3,(H2,17,18,21). The predicted octanol–water partition coefficient (Wildman–Crippen LogP) is 2.09. The number of urea groups is 1. The quantitative estimate of drug-likeness (QED) is 0.806. The number of benzene rings is 1. The normalized spacial score (nSPS) is 13.1. The first-order valence-electron chi connectivity index (χ1n) is 6.99. The van der Waals surface area contributed by atoms with Crippen LogP contribution in [-0.2, 0) is 0 Å². The number of carbonyl (C=O) groups is 1. The molecule has 0 aliphatic rings. The van der Waals surface area contributed by atoms with Crippen LogP contribution in [0, 0.1) is 5.41 Å². The van der Waals surface area contributed by atoms with E-state index in [1.54, 1.807) is 11.0 Å². The first kappa shape index (κ1) is 15.3. The van der Waals surface area contributed by atoms with Crippen LogP contribution in [0.2, 0.25) is 0 Å². The number of aromatic nitrogens is 2. The molecule has 1 heterocycles. The van der Waals surface area contributed by atoms with Gasteiger partial charge in [-0.2, -0.15) is 0 Å². The summed E-state index contributed by atoms with van der Waals surface area (Å²) in [6.45, 7) is 6.12. The number of nitrogens with one attached hydrogen (secondary N) is 2. The molecule has 21 heavy (non-hydrogen) atoms. The summed E-state index contributed by atoms with van der Waals surface area (Å²) in [5, 5.41) is 12.2. The first-order chi connectivity index (χ1) is 9.89. The van der Waals surface area contributed by atoms with Crippen molar-refractivity contribution < 1.29 is 9.90 Å². The Balaban J connectivity index is 2.01. The molecule has 1 atom stereocenters. The van der Waals surface area contributed by atoms with Gasteiger partial charge >= 0.3 is 6.03 Å². The Morgan fingerprint density at radius 2 is 2.10 bits per heavy atom. The van der Waals surface area contributed by atoms with E-state index in [1.807, 2.05) is 24.3 Å². The highest BCUT2D eigenvalue weighted by Crippen LogP contribution is 2.20. The van der Waals surface area contributed by atoms with Gasteiger partial charge in [0, 0.05) is 0 Å². The Labute approximate surface area is 124 Å². The van der Waals surface area contributed by atoms with Crippen LogP contribution in [0.15, 0.2) is 30.6 Å². The molecule has 0 radical (unpaired) electrons. The zero-order valence-corrected chi connectivity index (χ0v) is 12.6. The fourth-order valence-corrected chi connectivity index (χ4v) is 2.28. The lowest BCUT2D eigenvalue weighted by molar-refractivity contribution is 0.195. The summed E-state index contributed by atoms with van der Waals surface area (Å²) in [6.07, 6.45) is 2.25. The van der Waals surface area contributed by atoms with Gasteiger partial charge in [0.05, 0.1) is 23.7 Å². The molecule has 0 spiro atoms. The average molecular weight is 290 g/mol. The second-order valence-corrected chi connectivity index (χ2v) is 6.33. The number of fused-ring (bicyclic) bond motifs is 1. The smallest absolute Gasteiger partial charge is 0.334 e. The lowest BCUT2D eigenvalue weighted by Crippen LogP contribution is -2.44. The second-order valence-electron chi connectivity index (χ2n) is 6.33. The highest BCUT2D eigenvalue weighted by molar-refractivity contribution is 5.85. The molecule has 114 valence electrons. The lowest BCUT2D eigenvalue weighted by atomic mass is 9.88. The number of aliphatic hydroxyl groups excluding tert-OH is 1. The summed E-state index contributed by atoms with van der Waals surface area (Å²) in [4.78, 5) is 16.2. The third-order valence-electron chi connectivity index (χ3n) is 3.09. The Kier molecular flexibility index (Phi) is 4.47. The van der Waals surface area contributed by atoms with Gasteiger partial charge in [-0.3, -0.25) is 0 Å². The Morgan fingerprint density at radius 3 is 2.76 bits per heavy atom. The highest BCUT2D eigenvalue weighted by Gasteiger charge is 2.20. The second kappa shape index (κ2) is 6.13. The van der Waals surface area contributed by atoms with Crippen LogP contribution in [-0.4, -0.2) is 33.4 Å². The number of nitrogens with zero attached hydrogens (tertiary/aromatic N) is 2. The molecule has 0 bridgehead atoms. The number of imidazole rings is 1. The number of para-hydroxylation sites is 2. The minimum Gasteiger partial charge on any atom is -0.394 e. The van der Waals surface area contributed by atoms with E-state index in [-0.39, 0.29) is 24.1 Å². The van der Waals surface area contributed by atoms with Gasteiger partial charge in [0.15, 0.2) is 0 Å². The van der Waals surface area contributed by atoms with Crippen molar-refractivity contribution in [3.63, 3.8) is 0 Å². The maximum absolute atomic E-state index is 12.0. The number of hydrogen-bond acceptors (Lipinski definition) is 3. The molecule has 6 heteroatoms. The maximum Gasteiger partial charge on any atom is 0.334 e. The van der Waals surface area contributed by atoms with E-state index in [0.717, 1.165) is 11.0 Å². The van der Waals surface area contributed by atoms with Crippen molar-refractivity contribution >= 4 is 17.1 Å². The van der Waals surface area contributed by atoms with E-state index in [2.05, 4.69) is 36.5 Å². The molecule has 1 unspecified atom stereocenters. The zero-order valence-electron chi connectivity index (χ0n) is 12.6. The average Bonchev–Trinajstić information content (AvgIpc) is 2.80. The van der Waals surface area contributed by atoms with E-state index in [0.29, 0.717) is 6.42 Å². The summed E-state index contributed by atoms with van der Waals surface area (Å²) >= 11 is 0. The van der Waals surface area contributed by atoms with Crippen LogP contribution in [0.5, 0.6) is 0 Å². The largest absolute Gasteiger partial charge is 0.394 e. The molecule has 6 nitrogen and oxygen atoms in total. The first-order valence-corrected chi connectivity index (χ1v) is 6.99. The zero-order chi connectivity index (χ0) is 15.5. The fraction of sp³-hybridized carbons (Fsp3) is 0.467. The van der Waals surface area contributed by atoms with E-state index in [4.69, 9.17) is 0 Å². The van der Waals surface area contributed by atoms with E-state index in [1.165, 1.54) is 0 Å². The molecule has 1 aromatic heterocycles. The molecule has 3 N–H and O–H groups in total. The van der Waals surface area contributed by atoms with Crippen molar-refractivity contribution in [2.24, 2.45) is 5.41 Å². The minimum atomic E-state index is -0.360. The molecule has 0 saturated heterocycles. The van der Waals surface area contributed by atoms with Crippen LogP contribution < -0.4 is 10.7 Å². The molecule has 2 amide bonds. The van der Waals surface area contributed by atoms with Gasteiger partial charge in [-0.1, -0.05) is 32.9 Å². The summed E-state index contributed by atoms with van der Waals surface area (Å²) in [5.74, 6) is 0. The number of carbonyl (C=O) groups excluding carboxylic acids is 1. The van der Waals surface area contributed by atoms with Gasteiger partial charge in [0.2, 0.25) is 0 Å². The SMILES string of the molecule is CC(C)(C)CC(CO)NC(=O)Nn1cnc2ccccc21. The molecular formula is C15H22N4O2. The molecule has 0 aliphatic carbocycles. The van der Waals surface area contributed by atoms with Crippen LogP contribution in [0.1, 0.15) is 27.2 Å². The van der Waals surface area contributed by atoms with Crippen LogP contribution >= 0.6 is 0 Å². The van der Waals surface area contributed by atoms with Crippen LogP contribution in [0.3, 0.4) is 0 Å². The number of aliphatic hydroxyl groups is 1. The summed E-state index contributed by atoms with van der Waals surface area (Å²) in [5.41, 5.74) is 4.37.